The van der Waals surface area contributed by atoms with Crippen LogP contribution in [0.4, 0.5) is 5.69 Å². The van der Waals surface area contributed by atoms with Crippen molar-refractivity contribution in [3.05, 3.63) is 71.8 Å². The summed E-state index contributed by atoms with van der Waals surface area (Å²) in [4.78, 5) is 28.5. The van der Waals surface area contributed by atoms with Crippen molar-refractivity contribution in [3.8, 4) is 23.0 Å². The van der Waals surface area contributed by atoms with Crippen molar-refractivity contribution in [3.63, 3.8) is 0 Å². The van der Waals surface area contributed by atoms with Gasteiger partial charge in [0.05, 0.1) is 39.0 Å². The third-order valence-corrected chi connectivity index (χ3v) is 8.78. The van der Waals surface area contributed by atoms with E-state index in [1.165, 1.54) is 57.6 Å². The summed E-state index contributed by atoms with van der Waals surface area (Å²) in [6.45, 7) is 5.37. The van der Waals surface area contributed by atoms with Crippen LogP contribution in [0.2, 0.25) is 0 Å². The Morgan fingerprint density at radius 1 is 0.864 bits per heavy atom. The first-order chi connectivity index (χ1) is 21.0. The van der Waals surface area contributed by atoms with Gasteiger partial charge in [-0.05, 0) is 50.1 Å². The van der Waals surface area contributed by atoms with Gasteiger partial charge < -0.3 is 29.2 Å². The van der Waals surface area contributed by atoms with E-state index >= 15 is 0 Å². The molecule has 0 spiro atoms. The van der Waals surface area contributed by atoms with Crippen LogP contribution in [-0.4, -0.2) is 72.7 Å². The maximum atomic E-state index is 14.4. The van der Waals surface area contributed by atoms with Gasteiger partial charge in [0.2, 0.25) is 11.8 Å². The normalized spacial score (nSPS) is 11.7. The number of ether oxygens (including phenoxy) is 4. The predicted molar refractivity (Wildman–Crippen MR) is 168 cm³/mol. The molecule has 0 heterocycles. The molecule has 12 heteroatoms. The minimum atomic E-state index is -4.42. The van der Waals surface area contributed by atoms with Crippen molar-refractivity contribution in [2.24, 2.45) is 0 Å². The Morgan fingerprint density at radius 2 is 1.55 bits per heavy atom. The van der Waals surface area contributed by atoms with Crippen LogP contribution in [-0.2, 0) is 26.2 Å². The fraction of sp³-hybridized carbons (Fsp3) is 0.375. The fourth-order valence-electron chi connectivity index (χ4n) is 4.59. The maximum Gasteiger partial charge on any atom is 0.265 e. The molecular formula is C32H41N3O8S. The molecule has 0 aliphatic rings. The summed E-state index contributed by atoms with van der Waals surface area (Å²) in [5.74, 6) is 0.135. The average Bonchev–Trinajstić information content (AvgIpc) is 3.03. The Bertz CT molecular complexity index is 1560. The van der Waals surface area contributed by atoms with Crippen LogP contribution in [0.1, 0.15) is 31.4 Å². The molecule has 2 amide bonds. The lowest BCUT2D eigenvalue weighted by atomic mass is 10.1. The molecule has 0 aliphatic heterocycles. The van der Waals surface area contributed by atoms with Crippen LogP contribution in [0.3, 0.4) is 0 Å². The molecule has 1 atom stereocenters. The molecule has 3 aromatic rings. The summed E-state index contributed by atoms with van der Waals surface area (Å²) in [5, 5.41) is 2.84. The van der Waals surface area contributed by atoms with Crippen LogP contribution in [0.15, 0.2) is 65.6 Å². The zero-order valence-corrected chi connectivity index (χ0v) is 27.1. The van der Waals surface area contributed by atoms with Gasteiger partial charge in [-0.2, -0.15) is 0 Å². The second-order valence-electron chi connectivity index (χ2n) is 10.0. The number of benzene rings is 3. The van der Waals surface area contributed by atoms with Crippen LogP contribution in [0.5, 0.6) is 23.0 Å². The van der Waals surface area contributed by atoms with E-state index in [0.717, 1.165) is 21.9 Å². The van der Waals surface area contributed by atoms with Gasteiger partial charge in [-0.1, -0.05) is 36.8 Å². The van der Waals surface area contributed by atoms with Crippen LogP contribution >= 0.6 is 0 Å². The molecule has 11 nitrogen and oxygen atoms in total. The number of amides is 2. The van der Waals surface area contributed by atoms with E-state index in [1.54, 1.807) is 19.1 Å². The Balaban J connectivity index is 2.16. The summed E-state index contributed by atoms with van der Waals surface area (Å²) in [7, 11) is 1.27. The maximum absolute atomic E-state index is 14.4. The van der Waals surface area contributed by atoms with Crippen molar-refractivity contribution < 1.29 is 37.0 Å². The smallest absolute Gasteiger partial charge is 0.265 e. The van der Waals surface area contributed by atoms with Crippen LogP contribution < -0.4 is 28.6 Å². The highest BCUT2D eigenvalue weighted by Crippen LogP contribution is 2.37. The quantitative estimate of drug-likeness (QED) is 0.266. The summed E-state index contributed by atoms with van der Waals surface area (Å²) >= 11 is 0. The highest BCUT2D eigenvalue weighted by molar-refractivity contribution is 7.92. The van der Waals surface area contributed by atoms with E-state index in [2.05, 4.69) is 5.32 Å². The monoisotopic (exact) mass is 627 g/mol. The Hall–Kier alpha value is -4.45. The number of aryl methyl sites for hydroxylation is 1. The first-order valence-electron chi connectivity index (χ1n) is 14.1. The molecule has 0 saturated heterocycles. The third-order valence-electron chi connectivity index (χ3n) is 7.03. The Labute approximate surface area is 259 Å². The lowest BCUT2D eigenvalue weighted by Gasteiger charge is -2.32. The van der Waals surface area contributed by atoms with E-state index in [0.29, 0.717) is 18.0 Å². The second kappa shape index (κ2) is 15.3. The first-order valence-corrected chi connectivity index (χ1v) is 15.5. The number of nitrogens with one attached hydrogen (secondary N) is 1. The topological polar surface area (TPSA) is 124 Å². The molecule has 238 valence electrons. The molecule has 0 aromatic heterocycles. The average molecular weight is 628 g/mol. The van der Waals surface area contributed by atoms with E-state index in [1.807, 2.05) is 38.1 Å². The lowest BCUT2D eigenvalue weighted by Crippen LogP contribution is -2.51. The number of hydrogen-bond donors (Lipinski definition) is 1. The van der Waals surface area contributed by atoms with Crippen molar-refractivity contribution in [1.82, 2.24) is 10.2 Å². The standard InChI is InChI=1S/C32H41N3O8S/c1-8-16-33-32(37)23(3)34(20-24-11-9-10-22(2)17-24)31(36)21-35(27-18-25(40-4)12-14-28(27)41-5)44(38,39)26-13-15-29(42-6)30(19-26)43-7/h9-15,17-19,23H,8,16,20-21H2,1-7H3,(H,33,37). The molecule has 44 heavy (non-hydrogen) atoms. The zero-order chi connectivity index (χ0) is 32.4. The van der Waals surface area contributed by atoms with E-state index < -0.39 is 28.5 Å². The van der Waals surface area contributed by atoms with Crippen LogP contribution in [0, 0.1) is 6.92 Å². The molecule has 1 unspecified atom stereocenters. The molecule has 1 N–H and O–H groups in total. The number of methoxy groups -OCH3 is 4. The number of anilines is 1. The van der Waals surface area contributed by atoms with Gasteiger partial charge >= 0.3 is 0 Å². The van der Waals surface area contributed by atoms with Crippen molar-refractivity contribution in [1.29, 1.82) is 0 Å². The minimum absolute atomic E-state index is 0.0774. The van der Waals surface area contributed by atoms with Gasteiger partial charge in [0.15, 0.2) is 11.5 Å². The summed E-state index contributed by atoms with van der Waals surface area (Å²) < 4.78 is 51.2. The van der Waals surface area contributed by atoms with E-state index in [-0.39, 0.29) is 34.5 Å². The first kappa shape index (κ1) is 34.0. The Morgan fingerprint density at radius 3 is 2.16 bits per heavy atom. The Kier molecular flexibility index (Phi) is 11.9. The molecule has 0 saturated carbocycles. The summed E-state index contributed by atoms with van der Waals surface area (Å²) in [6, 6.07) is 15.5. The summed E-state index contributed by atoms with van der Waals surface area (Å²) in [6.07, 6.45) is 0.720. The molecule has 3 rings (SSSR count). The number of hydrogen-bond acceptors (Lipinski definition) is 8. The van der Waals surface area contributed by atoms with Gasteiger partial charge in [0.25, 0.3) is 10.0 Å². The zero-order valence-electron chi connectivity index (χ0n) is 26.2. The number of rotatable bonds is 15. The number of nitrogens with zero attached hydrogens (tertiary/aromatic N) is 2. The van der Waals surface area contributed by atoms with Gasteiger partial charge in [-0.3, -0.25) is 13.9 Å². The molecule has 0 bridgehead atoms. The summed E-state index contributed by atoms with van der Waals surface area (Å²) in [5.41, 5.74) is 1.85. The van der Waals surface area contributed by atoms with Gasteiger partial charge in [-0.15, -0.1) is 0 Å². The van der Waals surface area contributed by atoms with Gasteiger partial charge in [0.1, 0.15) is 24.1 Å². The molecule has 0 radical (unpaired) electrons. The number of carbonyl (C=O) groups excluding carboxylic acids is 2. The van der Waals surface area contributed by atoms with E-state index in [9.17, 15) is 18.0 Å². The largest absolute Gasteiger partial charge is 0.497 e. The predicted octanol–water partition coefficient (Wildman–Crippen LogP) is 4.17. The third kappa shape index (κ3) is 7.93. The van der Waals surface area contributed by atoms with E-state index in [4.69, 9.17) is 18.9 Å². The van der Waals surface area contributed by atoms with Crippen LogP contribution in [0.25, 0.3) is 0 Å². The molecule has 0 aliphatic carbocycles. The van der Waals surface area contributed by atoms with Gasteiger partial charge in [-0.25, -0.2) is 8.42 Å². The number of sulfonamides is 1. The molecule has 0 fully saturated rings. The lowest BCUT2D eigenvalue weighted by molar-refractivity contribution is -0.139. The molecule has 3 aromatic carbocycles. The van der Waals surface area contributed by atoms with Gasteiger partial charge in [0, 0.05) is 25.2 Å². The highest BCUT2D eigenvalue weighted by atomic mass is 32.2. The SMILES string of the molecule is CCCNC(=O)C(C)N(Cc1cccc(C)c1)C(=O)CN(c1cc(OC)ccc1OC)S(=O)(=O)c1ccc(OC)c(OC)c1. The van der Waals surface area contributed by atoms with Crippen molar-refractivity contribution >= 4 is 27.5 Å². The highest BCUT2D eigenvalue weighted by Gasteiger charge is 2.34. The number of carbonyl (C=O) groups is 2. The van der Waals surface area contributed by atoms with Crippen molar-refractivity contribution in [2.75, 3.05) is 45.8 Å². The van der Waals surface area contributed by atoms with Crippen molar-refractivity contribution in [2.45, 2.75) is 44.7 Å². The fourth-order valence-corrected chi connectivity index (χ4v) is 6.03. The second-order valence-corrected chi connectivity index (χ2v) is 11.9. The molecular weight excluding hydrogens is 586 g/mol. The minimum Gasteiger partial charge on any atom is -0.497 e.